The summed E-state index contributed by atoms with van der Waals surface area (Å²) < 4.78 is 6.82. The molecule has 0 atom stereocenters. The molecule has 2 rings (SSSR count). The molecule has 0 saturated heterocycles. The van der Waals surface area contributed by atoms with E-state index in [2.05, 4.69) is 46.8 Å². The second-order valence-electron chi connectivity index (χ2n) is 5.95. The van der Waals surface area contributed by atoms with E-state index in [0.29, 0.717) is 19.7 Å². The van der Waals surface area contributed by atoms with Crippen molar-refractivity contribution >= 4 is 11.3 Å². The Kier molecular flexibility index (Phi) is 5.44. The van der Waals surface area contributed by atoms with Crippen molar-refractivity contribution in [1.82, 2.24) is 25.3 Å². The highest BCUT2D eigenvalue weighted by molar-refractivity contribution is 7.09. The van der Waals surface area contributed by atoms with Gasteiger partial charge in [-0.1, -0.05) is 26.0 Å². The minimum absolute atomic E-state index is 0.0908. The van der Waals surface area contributed by atoms with E-state index in [0.717, 1.165) is 22.9 Å². The standard InChI is InChI=1S/C14H23N5OS/c1-14(2,3)12-10-21-13(16-12)9-19-8-11(17-18-19)7-15-5-6-20-4/h8,10,15H,5-7,9H2,1-4H3. The number of ether oxygens (including phenoxy) is 1. The molecule has 2 aromatic heterocycles. The number of thiazole rings is 1. The molecule has 0 saturated carbocycles. The zero-order valence-corrected chi connectivity index (χ0v) is 13.9. The van der Waals surface area contributed by atoms with E-state index in [1.54, 1.807) is 18.4 Å². The number of hydrogen-bond acceptors (Lipinski definition) is 6. The Labute approximate surface area is 129 Å². The molecule has 21 heavy (non-hydrogen) atoms. The SMILES string of the molecule is COCCNCc1cn(Cc2nc(C(C)(C)C)cs2)nn1. The first-order valence-corrected chi connectivity index (χ1v) is 7.90. The van der Waals surface area contributed by atoms with Crippen molar-refractivity contribution in [2.24, 2.45) is 0 Å². The molecule has 0 unspecified atom stereocenters. The van der Waals surface area contributed by atoms with Crippen LogP contribution in [-0.4, -0.2) is 40.2 Å². The third kappa shape index (κ3) is 4.87. The van der Waals surface area contributed by atoms with Gasteiger partial charge in [0.15, 0.2) is 0 Å². The highest BCUT2D eigenvalue weighted by atomic mass is 32.1. The highest BCUT2D eigenvalue weighted by Crippen LogP contribution is 2.24. The first-order chi connectivity index (χ1) is 9.99. The lowest BCUT2D eigenvalue weighted by Crippen LogP contribution is -2.18. The van der Waals surface area contributed by atoms with E-state index in [1.807, 2.05) is 10.9 Å². The number of hydrogen-bond donors (Lipinski definition) is 1. The van der Waals surface area contributed by atoms with Crippen LogP contribution in [0.1, 0.15) is 37.2 Å². The van der Waals surface area contributed by atoms with Gasteiger partial charge in [0.05, 0.1) is 30.7 Å². The molecule has 0 aliphatic rings. The molecule has 6 nitrogen and oxygen atoms in total. The lowest BCUT2D eigenvalue weighted by Gasteiger charge is -2.14. The molecule has 0 aromatic carbocycles. The quantitative estimate of drug-likeness (QED) is 0.790. The van der Waals surface area contributed by atoms with Gasteiger partial charge >= 0.3 is 0 Å². The van der Waals surface area contributed by atoms with E-state index >= 15 is 0 Å². The summed E-state index contributed by atoms with van der Waals surface area (Å²) in [6, 6.07) is 0. The fourth-order valence-electron chi connectivity index (χ4n) is 1.75. The number of aromatic nitrogens is 4. The van der Waals surface area contributed by atoms with Gasteiger partial charge in [-0.3, -0.25) is 0 Å². The van der Waals surface area contributed by atoms with Gasteiger partial charge < -0.3 is 10.1 Å². The molecule has 0 aliphatic heterocycles. The molecule has 0 radical (unpaired) electrons. The average Bonchev–Trinajstić information content (AvgIpc) is 3.04. The summed E-state index contributed by atoms with van der Waals surface area (Å²) in [7, 11) is 1.69. The predicted molar refractivity (Wildman–Crippen MR) is 83.5 cm³/mol. The van der Waals surface area contributed by atoms with Crippen LogP contribution in [0.25, 0.3) is 0 Å². The Morgan fingerprint density at radius 1 is 1.38 bits per heavy atom. The summed E-state index contributed by atoms with van der Waals surface area (Å²) in [5, 5.41) is 14.7. The average molecular weight is 309 g/mol. The predicted octanol–water partition coefficient (Wildman–Crippen LogP) is 1.82. The first kappa shape index (κ1) is 16.1. The normalized spacial score (nSPS) is 12.0. The van der Waals surface area contributed by atoms with Crippen LogP contribution >= 0.6 is 11.3 Å². The van der Waals surface area contributed by atoms with Gasteiger partial charge in [-0.25, -0.2) is 9.67 Å². The van der Waals surface area contributed by atoms with Crippen molar-refractivity contribution in [2.45, 2.75) is 39.3 Å². The maximum atomic E-state index is 4.98. The van der Waals surface area contributed by atoms with Gasteiger partial charge in [0.2, 0.25) is 0 Å². The molecule has 0 bridgehead atoms. The molecule has 1 N–H and O–H groups in total. The molecule has 7 heteroatoms. The van der Waals surface area contributed by atoms with Gasteiger partial charge in [0.25, 0.3) is 0 Å². The summed E-state index contributed by atoms with van der Waals surface area (Å²) >= 11 is 1.67. The molecule has 2 heterocycles. The maximum absolute atomic E-state index is 4.98. The number of methoxy groups -OCH3 is 1. The molecule has 0 aliphatic carbocycles. The minimum atomic E-state index is 0.0908. The van der Waals surface area contributed by atoms with Crippen LogP contribution in [0.5, 0.6) is 0 Å². The van der Waals surface area contributed by atoms with Crippen molar-refractivity contribution in [1.29, 1.82) is 0 Å². The van der Waals surface area contributed by atoms with E-state index in [4.69, 9.17) is 4.74 Å². The van der Waals surface area contributed by atoms with Crippen LogP contribution < -0.4 is 5.32 Å². The lowest BCUT2D eigenvalue weighted by atomic mass is 9.93. The molecular weight excluding hydrogens is 286 g/mol. The number of rotatable bonds is 7. The van der Waals surface area contributed by atoms with Crippen molar-refractivity contribution < 1.29 is 4.74 Å². The van der Waals surface area contributed by atoms with Crippen LogP contribution in [0.15, 0.2) is 11.6 Å². The van der Waals surface area contributed by atoms with Gasteiger partial charge in [-0.15, -0.1) is 16.4 Å². The molecule has 2 aromatic rings. The fraction of sp³-hybridized carbons (Fsp3) is 0.643. The molecule has 0 amide bonds. The summed E-state index contributed by atoms with van der Waals surface area (Å²) in [4.78, 5) is 4.67. The zero-order chi connectivity index (χ0) is 15.3. The zero-order valence-electron chi connectivity index (χ0n) is 13.1. The summed E-state index contributed by atoms with van der Waals surface area (Å²) in [6.07, 6.45) is 1.96. The van der Waals surface area contributed by atoms with E-state index in [-0.39, 0.29) is 5.41 Å². The Bertz CT molecular complexity index is 558. The van der Waals surface area contributed by atoms with Crippen LogP contribution in [0.3, 0.4) is 0 Å². The van der Waals surface area contributed by atoms with Crippen molar-refractivity contribution in [3.05, 3.63) is 28.0 Å². The Hall–Kier alpha value is -1.31. The number of nitrogens with zero attached hydrogens (tertiary/aromatic N) is 4. The summed E-state index contributed by atoms with van der Waals surface area (Å²) in [6.45, 7) is 9.40. The fourth-order valence-corrected chi connectivity index (χ4v) is 2.77. The summed E-state index contributed by atoms with van der Waals surface area (Å²) in [5.41, 5.74) is 2.15. The smallest absolute Gasteiger partial charge is 0.114 e. The van der Waals surface area contributed by atoms with Crippen LogP contribution in [0, 0.1) is 0 Å². The largest absolute Gasteiger partial charge is 0.383 e. The molecule has 0 spiro atoms. The Morgan fingerprint density at radius 3 is 2.86 bits per heavy atom. The van der Waals surface area contributed by atoms with Crippen LogP contribution in [0.2, 0.25) is 0 Å². The topological polar surface area (TPSA) is 64.9 Å². The van der Waals surface area contributed by atoms with Gasteiger partial charge in [0, 0.05) is 31.0 Å². The molecule has 0 fully saturated rings. The third-order valence-corrected chi connectivity index (χ3v) is 3.83. The highest BCUT2D eigenvalue weighted by Gasteiger charge is 2.17. The van der Waals surface area contributed by atoms with Gasteiger partial charge in [-0.2, -0.15) is 0 Å². The van der Waals surface area contributed by atoms with Crippen molar-refractivity contribution in [3.8, 4) is 0 Å². The van der Waals surface area contributed by atoms with Crippen LogP contribution in [-0.2, 0) is 23.2 Å². The number of nitrogens with one attached hydrogen (secondary N) is 1. The second kappa shape index (κ2) is 7.11. The van der Waals surface area contributed by atoms with E-state index in [9.17, 15) is 0 Å². The first-order valence-electron chi connectivity index (χ1n) is 7.02. The summed E-state index contributed by atoms with van der Waals surface area (Å²) in [5.74, 6) is 0. The minimum Gasteiger partial charge on any atom is -0.383 e. The van der Waals surface area contributed by atoms with Crippen LogP contribution in [0.4, 0.5) is 0 Å². The van der Waals surface area contributed by atoms with Crippen molar-refractivity contribution in [3.63, 3.8) is 0 Å². The van der Waals surface area contributed by atoms with Gasteiger partial charge in [0.1, 0.15) is 5.01 Å². The second-order valence-corrected chi connectivity index (χ2v) is 6.90. The van der Waals surface area contributed by atoms with Crippen molar-refractivity contribution in [2.75, 3.05) is 20.3 Å². The maximum Gasteiger partial charge on any atom is 0.114 e. The molecule has 116 valence electrons. The monoisotopic (exact) mass is 309 g/mol. The Balaban J connectivity index is 1.89. The Morgan fingerprint density at radius 2 is 2.19 bits per heavy atom. The third-order valence-electron chi connectivity index (χ3n) is 2.99. The molecular formula is C14H23N5OS. The van der Waals surface area contributed by atoms with Gasteiger partial charge in [-0.05, 0) is 0 Å². The lowest BCUT2D eigenvalue weighted by molar-refractivity contribution is 0.199. The van der Waals surface area contributed by atoms with E-state index in [1.165, 1.54) is 0 Å². The van der Waals surface area contributed by atoms with E-state index < -0.39 is 0 Å².